The molecule has 74 valence electrons. The second-order valence-electron chi connectivity index (χ2n) is 3.20. The van der Waals surface area contributed by atoms with Gasteiger partial charge in [0.05, 0.1) is 0 Å². The molecule has 0 aliphatic carbocycles. The standard InChI is InChI=1S/C12H16N2/c1-14(2)8-7-10-9-13-12-6-4-3-5-11(10)12/h3-6,9,13H,7-8H2,1-2H3/i1D3,2D3/hD. The summed E-state index contributed by atoms with van der Waals surface area (Å²) in [4.78, 5) is 1.75. The molecule has 1 N–H and O–H groups in total. The zero-order valence-electron chi connectivity index (χ0n) is 14.7. The van der Waals surface area contributed by atoms with E-state index in [9.17, 15) is 0 Å². The fourth-order valence-electron chi connectivity index (χ4n) is 1.51. The summed E-state index contributed by atoms with van der Waals surface area (Å²) >= 11 is 0. The minimum atomic E-state index is -2.68. The number of H-pyrrole nitrogens is 1. The molecule has 0 atom stereocenters. The fraction of sp³-hybridized carbons (Fsp3) is 0.333. The van der Waals surface area contributed by atoms with Crippen LogP contribution in [0, 0.1) is 0 Å². The molecule has 0 unspecified atom stereocenters. The third-order valence-electron chi connectivity index (χ3n) is 2.21. The summed E-state index contributed by atoms with van der Waals surface area (Å²) < 4.78 is 51.8. The highest BCUT2D eigenvalue weighted by Gasteiger charge is 2.02. The maximum Gasteiger partial charge on any atom is 0.166 e. The quantitative estimate of drug-likeness (QED) is 0.796. The highest BCUT2D eigenvalue weighted by Crippen LogP contribution is 2.17. The molecule has 0 saturated heterocycles. The number of benzene rings is 1. The average molecular weight is 195 g/mol. The summed E-state index contributed by atoms with van der Waals surface area (Å²) in [7, 11) is 0. The predicted molar refractivity (Wildman–Crippen MR) is 60.6 cm³/mol. The molecule has 2 nitrogen and oxygen atoms in total. The van der Waals surface area contributed by atoms with Gasteiger partial charge in [0, 0.05) is 31.9 Å². The smallest absolute Gasteiger partial charge is 0.166 e. The summed E-state index contributed by atoms with van der Waals surface area (Å²) in [5.74, 6) is 0. The molecule has 2 heteroatoms. The number of aromatic amines is 1. The van der Waals surface area contributed by atoms with Crippen molar-refractivity contribution in [3.63, 3.8) is 0 Å². The second-order valence-corrected chi connectivity index (χ2v) is 3.20. The van der Waals surface area contributed by atoms with Crippen molar-refractivity contribution in [1.82, 2.24) is 9.88 Å². The summed E-state index contributed by atoms with van der Waals surface area (Å²) in [6, 6.07) is 7.27. The number of hydrogen-bond acceptors (Lipinski definition) is 1. The molecule has 0 amide bonds. The third-order valence-corrected chi connectivity index (χ3v) is 2.21. The lowest BCUT2D eigenvalue weighted by Gasteiger charge is -2.07. The van der Waals surface area contributed by atoms with E-state index in [2.05, 4.69) is 0 Å². The summed E-state index contributed by atoms with van der Waals surface area (Å²) in [6.45, 7) is -5.48. The van der Waals surface area contributed by atoms with Crippen LogP contribution in [0.25, 0.3) is 10.9 Å². The van der Waals surface area contributed by atoms with Gasteiger partial charge in [-0.25, -0.2) is 0 Å². The van der Waals surface area contributed by atoms with E-state index in [4.69, 9.17) is 9.64 Å². The molecule has 0 radical (unpaired) electrons. The van der Waals surface area contributed by atoms with Crippen LogP contribution < -0.4 is 0 Å². The van der Waals surface area contributed by atoms with Gasteiger partial charge in [-0.15, -0.1) is 0 Å². The van der Waals surface area contributed by atoms with E-state index in [0.717, 1.165) is 10.9 Å². The Morgan fingerprint density at radius 1 is 1.43 bits per heavy atom. The summed E-state index contributed by atoms with van der Waals surface area (Å²) in [5, 5.41) is 0.837. The first kappa shape index (κ1) is 4.07. The van der Waals surface area contributed by atoms with Crippen LogP contribution in [0.2, 0.25) is 1.41 Å². The second kappa shape index (κ2) is 3.84. The lowest BCUT2D eigenvalue weighted by atomic mass is 10.1. The Morgan fingerprint density at radius 2 is 2.29 bits per heavy atom. The zero-order chi connectivity index (χ0) is 15.8. The molecular formula is C12H16N2. The number of nitrogens with zero attached hydrogens (tertiary/aromatic N) is 1. The van der Waals surface area contributed by atoms with Crippen LogP contribution in [-0.4, -0.2) is 30.4 Å². The lowest BCUT2D eigenvalue weighted by molar-refractivity contribution is 0.414. The molecule has 1 heterocycles. The van der Waals surface area contributed by atoms with Crippen molar-refractivity contribution in [3.8, 4) is 0 Å². The number of nitrogens with one attached hydrogen (secondary N) is 1. The maximum absolute atomic E-state index is 7.80. The number of para-hydroxylation sites is 1. The van der Waals surface area contributed by atoms with Gasteiger partial charge in [-0.2, -0.15) is 0 Å². The number of fused-ring (bicyclic) bond motifs is 1. The highest BCUT2D eigenvalue weighted by atomic mass is 15.0. The highest BCUT2D eigenvalue weighted by molar-refractivity contribution is 5.83. The largest absolute Gasteiger partial charge is 0.361 e. The van der Waals surface area contributed by atoms with E-state index in [1.165, 1.54) is 4.98 Å². The van der Waals surface area contributed by atoms with Gasteiger partial charge in [-0.1, -0.05) is 18.2 Å². The molecule has 0 aliphatic heterocycles. The van der Waals surface area contributed by atoms with E-state index >= 15 is 0 Å². The first-order chi connectivity index (χ1) is 9.60. The lowest BCUT2D eigenvalue weighted by Crippen LogP contribution is -2.14. The topological polar surface area (TPSA) is 19.0 Å². The number of likely N-dealkylation sites (N-methyl/N-ethyl adjacent to an activating group) is 1. The summed E-state index contributed by atoms with van der Waals surface area (Å²) in [5.41, 5.74) is 1.47. The molecule has 0 aliphatic rings. The van der Waals surface area contributed by atoms with Gasteiger partial charge in [0.15, 0.2) is 1.41 Å². The Kier molecular flexibility index (Phi) is 1.12. The van der Waals surface area contributed by atoms with Crippen LogP contribution in [0.15, 0.2) is 30.5 Å². The van der Waals surface area contributed by atoms with Crippen molar-refractivity contribution < 1.29 is 9.64 Å². The van der Waals surface area contributed by atoms with Crippen LogP contribution in [0.1, 0.15) is 13.8 Å². The van der Waals surface area contributed by atoms with Crippen molar-refractivity contribution in [3.05, 3.63) is 36.0 Å². The van der Waals surface area contributed by atoms with Crippen LogP contribution in [0.3, 0.4) is 0 Å². The van der Waals surface area contributed by atoms with E-state index < -0.39 is 14.0 Å². The van der Waals surface area contributed by atoms with Crippen LogP contribution in [-0.2, 0) is 6.42 Å². The van der Waals surface area contributed by atoms with Crippen molar-refractivity contribution in [2.45, 2.75) is 6.42 Å². The van der Waals surface area contributed by atoms with E-state index in [1.807, 2.05) is 18.2 Å². The number of rotatable bonds is 3. The SMILES string of the molecule is [2H]n1cc(CCN(C([2H])([2H])[2H])C([2H])([2H])[2H])c2ccccc21. The van der Waals surface area contributed by atoms with Crippen LogP contribution >= 0.6 is 0 Å². The van der Waals surface area contributed by atoms with Gasteiger partial charge < -0.3 is 9.88 Å². The van der Waals surface area contributed by atoms with E-state index in [1.54, 1.807) is 12.3 Å². The van der Waals surface area contributed by atoms with Crippen molar-refractivity contribution in [2.24, 2.45) is 0 Å². The Balaban J connectivity index is 2.24. The Labute approximate surface area is 94.4 Å². The minimum absolute atomic E-state index is 0.124. The average Bonchev–Trinajstić information content (AvgIpc) is 2.64. The third kappa shape index (κ3) is 1.80. The monoisotopic (exact) mass is 195 g/mol. The molecule has 0 fully saturated rings. The van der Waals surface area contributed by atoms with Crippen molar-refractivity contribution in [2.75, 3.05) is 20.5 Å². The summed E-state index contributed by atoms with van der Waals surface area (Å²) in [6.07, 6.45) is 1.84. The van der Waals surface area contributed by atoms with Crippen LogP contribution in [0.4, 0.5) is 0 Å². The Bertz CT molecular complexity index is 613. The Hall–Kier alpha value is -1.28. The van der Waals surface area contributed by atoms with Gasteiger partial charge >= 0.3 is 0 Å². The van der Waals surface area contributed by atoms with Crippen molar-refractivity contribution >= 4 is 10.9 Å². The molecule has 0 saturated carbocycles. The van der Waals surface area contributed by atoms with Gasteiger partial charge in [0.2, 0.25) is 0 Å². The Morgan fingerprint density at radius 3 is 3.14 bits per heavy atom. The number of hydrogen-bond donors (Lipinski definition) is 1. The molecule has 0 bridgehead atoms. The van der Waals surface area contributed by atoms with Crippen LogP contribution in [0.5, 0.6) is 0 Å². The maximum atomic E-state index is 7.80. The predicted octanol–water partition coefficient (Wildman–Crippen LogP) is 2.27. The zero-order valence-corrected chi connectivity index (χ0v) is 7.70. The molecule has 1 aromatic heterocycles. The van der Waals surface area contributed by atoms with Gasteiger partial charge in [-0.3, -0.25) is 0 Å². The normalized spacial score (nSPS) is 20.5. The molecule has 1 aromatic carbocycles. The number of aromatic nitrogens is 1. The first-order valence-corrected chi connectivity index (χ1v) is 4.46. The molecule has 14 heavy (non-hydrogen) atoms. The van der Waals surface area contributed by atoms with E-state index in [0.29, 0.717) is 10.4 Å². The minimum Gasteiger partial charge on any atom is -0.361 e. The van der Waals surface area contributed by atoms with Gasteiger partial charge in [0.25, 0.3) is 0 Å². The van der Waals surface area contributed by atoms with Gasteiger partial charge in [0.1, 0.15) is 0 Å². The molecular weight excluding hydrogens is 172 g/mol. The first-order valence-electron chi connectivity index (χ1n) is 7.91. The molecule has 0 spiro atoms. The van der Waals surface area contributed by atoms with Crippen molar-refractivity contribution in [1.29, 1.82) is 0 Å². The van der Waals surface area contributed by atoms with E-state index in [-0.39, 0.29) is 13.0 Å². The van der Waals surface area contributed by atoms with Gasteiger partial charge in [-0.05, 0) is 32.0 Å². The molecule has 2 aromatic rings. The molecule has 2 rings (SSSR count). The fourth-order valence-corrected chi connectivity index (χ4v) is 1.51.